The van der Waals surface area contributed by atoms with E-state index >= 15 is 0 Å². The van der Waals surface area contributed by atoms with Crippen LogP contribution in [0.5, 0.6) is 0 Å². The van der Waals surface area contributed by atoms with Gasteiger partial charge in [0.2, 0.25) is 5.91 Å². The molecule has 0 fully saturated rings. The Kier molecular flexibility index (Phi) is 4.57. The number of carbonyl (C=O) groups is 1. The Bertz CT molecular complexity index is 1190. The van der Waals surface area contributed by atoms with E-state index in [1.165, 1.54) is 18.2 Å². The Balaban J connectivity index is 1.54. The van der Waals surface area contributed by atoms with Gasteiger partial charge in [0.25, 0.3) is 5.89 Å². The Morgan fingerprint density at radius 2 is 2.03 bits per heavy atom. The van der Waals surface area contributed by atoms with Gasteiger partial charge in [-0.05, 0) is 30.3 Å². The molecule has 0 aliphatic heterocycles. The number of amides is 1. The van der Waals surface area contributed by atoms with Gasteiger partial charge < -0.3 is 9.84 Å². The average Bonchev–Trinajstić information content (AvgIpc) is 3.29. The first kappa shape index (κ1) is 18.7. The molecule has 9 heteroatoms. The Labute approximate surface area is 165 Å². The van der Waals surface area contributed by atoms with Crippen molar-refractivity contribution in [1.29, 1.82) is 0 Å². The average molecular weight is 394 g/mol. The summed E-state index contributed by atoms with van der Waals surface area (Å²) in [4.78, 5) is 16.7. The van der Waals surface area contributed by atoms with Gasteiger partial charge in [0, 0.05) is 22.9 Å². The summed E-state index contributed by atoms with van der Waals surface area (Å²) in [6.45, 7) is 6.01. The van der Waals surface area contributed by atoms with Gasteiger partial charge in [0.1, 0.15) is 11.6 Å². The van der Waals surface area contributed by atoms with Crippen molar-refractivity contribution in [1.82, 2.24) is 24.7 Å². The number of carbonyl (C=O) groups excluding carboxylic acids is 1. The highest BCUT2D eigenvalue weighted by Gasteiger charge is 2.22. The molecule has 29 heavy (non-hydrogen) atoms. The highest BCUT2D eigenvalue weighted by molar-refractivity contribution is 5.91. The molecular weight excluding hydrogens is 375 g/mol. The third-order valence-electron chi connectivity index (χ3n) is 4.25. The topological polar surface area (TPSA) is 98.2 Å². The predicted octanol–water partition coefficient (Wildman–Crippen LogP) is 3.40. The highest BCUT2D eigenvalue weighted by atomic mass is 19.1. The summed E-state index contributed by atoms with van der Waals surface area (Å²) < 4.78 is 20.3. The molecule has 1 aromatic carbocycles. The van der Waals surface area contributed by atoms with E-state index in [-0.39, 0.29) is 17.7 Å². The molecular formula is C20H19FN6O2. The SMILES string of the molecule is CC(C)(C)c1noc(-c2ccn3c(CC(=O)Nc4cccc(F)c4)nnc3c2)n1. The van der Waals surface area contributed by atoms with E-state index in [0.717, 1.165) is 0 Å². The number of anilines is 1. The molecule has 0 aliphatic carbocycles. The van der Waals surface area contributed by atoms with Crippen LogP contribution in [-0.2, 0) is 16.6 Å². The summed E-state index contributed by atoms with van der Waals surface area (Å²) in [5, 5.41) is 14.9. The van der Waals surface area contributed by atoms with Crippen LogP contribution >= 0.6 is 0 Å². The van der Waals surface area contributed by atoms with Crippen molar-refractivity contribution in [3.8, 4) is 11.5 Å². The molecule has 3 heterocycles. The number of fused-ring (bicyclic) bond motifs is 1. The molecule has 0 saturated carbocycles. The maximum Gasteiger partial charge on any atom is 0.258 e. The molecule has 0 atom stereocenters. The van der Waals surface area contributed by atoms with E-state index in [1.807, 2.05) is 20.8 Å². The third kappa shape index (κ3) is 3.98. The first-order chi connectivity index (χ1) is 13.8. The van der Waals surface area contributed by atoms with Gasteiger partial charge in [-0.15, -0.1) is 10.2 Å². The fourth-order valence-electron chi connectivity index (χ4n) is 2.75. The van der Waals surface area contributed by atoms with E-state index in [0.29, 0.717) is 34.4 Å². The van der Waals surface area contributed by atoms with Crippen molar-refractivity contribution in [3.05, 3.63) is 60.1 Å². The molecule has 0 saturated heterocycles. The Morgan fingerprint density at radius 1 is 1.21 bits per heavy atom. The minimum atomic E-state index is -0.418. The van der Waals surface area contributed by atoms with E-state index in [4.69, 9.17) is 4.52 Å². The fraction of sp³-hybridized carbons (Fsp3) is 0.250. The zero-order valence-corrected chi connectivity index (χ0v) is 16.2. The van der Waals surface area contributed by atoms with Gasteiger partial charge in [-0.25, -0.2) is 4.39 Å². The van der Waals surface area contributed by atoms with E-state index < -0.39 is 5.82 Å². The van der Waals surface area contributed by atoms with Gasteiger partial charge in [-0.2, -0.15) is 4.98 Å². The summed E-state index contributed by atoms with van der Waals surface area (Å²) in [5.41, 5.74) is 1.43. The quantitative estimate of drug-likeness (QED) is 0.570. The highest BCUT2D eigenvalue weighted by Crippen LogP contribution is 2.24. The maximum absolute atomic E-state index is 13.3. The zero-order chi connectivity index (χ0) is 20.6. The van der Waals surface area contributed by atoms with E-state index in [1.54, 1.807) is 28.8 Å². The number of nitrogens with one attached hydrogen (secondary N) is 1. The van der Waals surface area contributed by atoms with E-state index in [9.17, 15) is 9.18 Å². The Morgan fingerprint density at radius 3 is 2.76 bits per heavy atom. The summed E-state index contributed by atoms with van der Waals surface area (Å²) in [7, 11) is 0. The first-order valence-electron chi connectivity index (χ1n) is 9.03. The summed E-state index contributed by atoms with van der Waals surface area (Å²) >= 11 is 0. The molecule has 4 aromatic rings. The van der Waals surface area contributed by atoms with Crippen LogP contribution in [0, 0.1) is 5.82 Å². The van der Waals surface area contributed by atoms with Gasteiger partial charge in [-0.1, -0.05) is 32.0 Å². The fourth-order valence-corrected chi connectivity index (χ4v) is 2.75. The van der Waals surface area contributed by atoms with Gasteiger partial charge in [-0.3, -0.25) is 9.20 Å². The van der Waals surface area contributed by atoms with Crippen molar-refractivity contribution in [2.24, 2.45) is 0 Å². The molecule has 0 bridgehead atoms. The molecule has 0 aliphatic rings. The van der Waals surface area contributed by atoms with Crippen LogP contribution < -0.4 is 5.32 Å². The van der Waals surface area contributed by atoms with Gasteiger partial charge >= 0.3 is 0 Å². The van der Waals surface area contributed by atoms with Crippen molar-refractivity contribution >= 4 is 17.2 Å². The minimum Gasteiger partial charge on any atom is -0.334 e. The summed E-state index contributed by atoms with van der Waals surface area (Å²) in [5.74, 6) is 0.732. The zero-order valence-electron chi connectivity index (χ0n) is 16.2. The number of benzene rings is 1. The standard InChI is InChI=1S/C20H19FN6O2/c1-20(2,3)19-23-18(29-26-19)12-7-8-27-15(9-12)24-25-16(27)11-17(28)22-14-6-4-5-13(21)10-14/h4-10H,11H2,1-3H3,(H,22,28). The largest absolute Gasteiger partial charge is 0.334 e. The molecule has 8 nitrogen and oxygen atoms in total. The number of pyridine rings is 1. The Hall–Kier alpha value is -3.62. The molecule has 0 unspecified atom stereocenters. The second-order valence-corrected chi connectivity index (χ2v) is 7.67. The lowest BCUT2D eigenvalue weighted by molar-refractivity contribution is -0.115. The van der Waals surface area contributed by atoms with Gasteiger partial charge in [0.15, 0.2) is 11.5 Å². The normalized spacial score (nSPS) is 11.7. The lowest BCUT2D eigenvalue weighted by Crippen LogP contribution is -2.16. The second-order valence-electron chi connectivity index (χ2n) is 7.67. The van der Waals surface area contributed by atoms with Crippen LogP contribution in [0.2, 0.25) is 0 Å². The van der Waals surface area contributed by atoms with Crippen LogP contribution in [0.3, 0.4) is 0 Å². The van der Waals surface area contributed by atoms with Crippen molar-refractivity contribution in [2.75, 3.05) is 5.32 Å². The molecule has 1 N–H and O–H groups in total. The number of rotatable bonds is 4. The number of aromatic nitrogens is 5. The number of hydrogen-bond acceptors (Lipinski definition) is 6. The molecule has 1 amide bonds. The molecule has 148 valence electrons. The number of nitrogens with zero attached hydrogens (tertiary/aromatic N) is 5. The molecule has 0 radical (unpaired) electrons. The van der Waals surface area contributed by atoms with Crippen LogP contribution in [0.15, 0.2) is 47.1 Å². The van der Waals surface area contributed by atoms with Crippen LogP contribution in [0.4, 0.5) is 10.1 Å². The molecule has 4 rings (SSSR count). The molecule has 3 aromatic heterocycles. The lowest BCUT2D eigenvalue weighted by atomic mass is 9.96. The first-order valence-corrected chi connectivity index (χ1v) is 9.03. The number of hydrogen-bond donors (Lipinski definition) is 1. The maximum atomic E-state index is 13.3. The third-order valence-corrected chi connectivity index (χ3v) is 4.25. The molecule has 0 spiro atoms. The predicted molar refractivity (Wildman–Crippen MR) is 104 cm³/mol. The lowest BCUT2D eigenvalue weighted by Gasteiger charge is -2.10. The van der Waals surface area contributed by atoms with Crippen LogP contribution in [-0.4, -0.2) is 30.6 Å². The summed E-state index contributed by atoms with van der Waals surface area (Å²) in [6.07, 6.45) is 1.74. The smallest absolute Gasteiger partial charge is 0.258 e. The van der Waals surface area contributed by atoms with Crippen molar-refractivity contribution in [2.45, 2.75) is 32.6 Å². The van der Waals surface area contributed by atoms with E-state index in [2.05, 4.69) is 25.7 Å². The number of halogens is 1. The minimum absolute atomic E-state index is 0.00818. The monoisotopic (exact) mass is 394 g/mol. The van der Waals surface area contributed by atoms with Crippen LogP contribution in [0.25, 0.3) is 17.1 Å². The second kappa shape index (κ2) is 7.08. The van der Waals surface area contributed by atoms with Crippen molar-refractivity contribution in [3.63, 3.8) is 0 Å². The van der Waals surface area contributed by atoms with Gasteiger partial charge in [0.05, 0.1) is 6.42 Å². The van der Waals surface area contributed by atoms with Crippen molar-refractivity contribution < 1.29 is 13.7 Å². The van der Waals surface area contributed by atoms with Crippen LogP contribution in [0.1, 0.15) is 32.4 Å². The summed E-state index contributed by atoms with van der Waals surface area (Å²) in [6, 6.07) is 9.27.